The molecule has 1 aromatic heterocycles. The van der Waals surface area contributed by atoms with Gasteiger partial charge in [-0.2, -0.15) is 0 Å². The third-order valence-electron chi connectivity index (χ3n) is 4.80. The van der Waals surface area contributed by atoms with Gasteiger partial charge < -0.3 is 16.0 Å². The zero-order chi connectivity index (χ0) is 17.4. The van der Waals surface area contributed by atoms with Crippen LogP contribution < -0.4 is 11.1 Å². The molecule has 0 aliphatic heterocycles. The van der Waals surface area contributed by atoms with Gasteiger partial charge in [0.05, 0.1) is 6.04 Å². The van der Waals surface area contributed by atoms with Crippen LogP contribution in [0, 0.1) is 13.8 Å². The van der Waals surface area contributed by atoms with Gasteiger partial charge in [0.1, 0.15) is 5.69 Å². The van der Waals surface area contributed by atoms with Crippen molar-refractivity contribution in [3.8, 4) is 0 Å². The van der Waals surface area contributed by atoms with Crippen molar-refractivity contribution in [1.82, 2.24) is 10.3 Å². The molecule has 0 saturated heterocycles. The standard InChI is InChI=1S/C19H23N3O2.ClH/c1-10-17(12(3)23)11(2)21-18(10)19(24)22-16-6-4-5-13-9-14(20)7-8-15(13)16;/h7-9,16,21H,4-6,20H2,1-3H3,(H,22,24);1H. The van der Waals surface area contributed by atoms with Crippen LogP contribution in [0.15, 0.2) is 18.2 Å². The molecule has 0 spiro atoms. The fraction of sp³-hybridized carbons (Fsp3) is 0.368. The summed E-state index contributed by atoms with van der Waals surface area (Å²) in [6, 6.07) is 5.85. The minimum Gasteiger partial charge on any atom is -0.399 e. The fourth-order valence-electron chi connectivity index (χ4n) is 3.72. The van der Waals surface area contributed by atoms with E-state index in [1.807, 2.05) is 32.0 Å². The molecule has 1 amide bonds. The number of hydrogen-bond donors (Lipinski definition) is 3. The number of ketones is 1. The first kappa shape index (κ1) is 19.1. The van der Waals surface area contributed by atoms with Crippen molar-refractivity contribution in [2.45, 2.75) is 46.1 Å². The van der Waals surface area contributed by atoms with E-state index < -0.39 is 0 Å². The van der Waals surface area contributed by atoms with E-state index in [1.54, 1.807) is 0 Å². The van der Waals surface area contributed by atoms with Gasteiger partial charge >= 0.3 is 0 Å². The average Bonchev–Trinajstić information content (AvgIpc) is 2.82. The molecule has 1 heterocycles. The second kappa shape index (κ2) is 7.31. The molecule has 134 valence electrons. The van der Waals surface area contributed by atoms with Crippen LogP contribution in [0.1, 0.15) is 69.0 Å². The maximum Gasteiger partial charge on any atom is 0.268 e. The highest BCUT2D eigenvalue weighted by Gasteiger charge is 2.25. The Kier molecular flexibility index (Phi) is 5.58. The van der Waals surface area contributed by atoms with Gasteiger partial charge in [-0.1, -0.05) is 6.07 Å². The van der Waals surface area contributed by atoms with Crippen molar-refractivity contribution in [2.24, 2.45) is 0 Å². The van der Waals surface area contributed by atoms with Gasteiger partial charge in [0.15, 0.2) is 5.78 Å². The number of hydrogen-bond acceptors (Lipinski definition) is 3. The first-order chi connectivity index (χ1) is 11.4. The summed E-state index contributed by atoms with van der Waals surface area (Å²) < 4.78 is 0. The number of halogens is 1. The van der Waals surface area contributed by atoms with Crippen LogP contribution in [0.3, 0.4) is 0 Å². The lowest BCUT2D eigenvalue weighted by Gasteiger charge is -2.26. The number of benzene rings is 1. The number of aromatic nitrogens is 1. The summed E-state index contributed by atoms with van der Waals surface area (Å²) in [5, 5.41) is 3.11. The van der Waals surface area contributed by atoms with E-state index in [0.717, 1.165) is 36.2 Å². The Morgan fingerprint density at radius 1 is 1.28 bits per heavy atom. The number of rotatable bonds is 3. The van der Waals surface area contributed by atoms with Crippen LogP contribution in [0.2, 0.25) is 0 Å². The molecule has 5 nitrogen and oxygen atoms in total. The highest BCUT2D eigenvalue weighted by molar-refractivity contribution is 6.02. The third kappa shape index (κ3) is 3.56. The van der Waals surface area contributed by atoms with E-state index in [-0.39, 0.29) is 30.1 Å². The van der Waals surface area contributed by atoms with Gasteiger partial charge in [-0.15, -0.1) is 12.4 Å². The van der Waals surface area contributed by atoms with Crippen molar-refractivity contribution < 1.29 is 9.59 Å². The number of anilines is 1. The van der Waals surface area contributed by atoms with Crippen molar-refractivity contribution in [1.29, 1.82) is 0 Å². The molecule has 1 atom stereocenters. The summed E-state index contributed by atoms with van der Waals surface area (Å²) in [5.74, 6) is -0.198. The number of amides is 1. The number of carbonyl (C=O) groups is 2. The number of aryl methyl sites for hydroxylation is 2. The van der Waals surface area contributed by atoms with Gasteiger partial charge in [0.2, 0.25) is 0 Å². The second-order valence-electron chi connectivity index (χ2n) is 6.56. The maximum absolute atomic E-state index is 12.7. The predicted octanol–water partition coefficient (Wildman–Crippen LogP) is 3.65. The zero-order valence-electron chi connectivity index (χ0n) is 14.7. The zero-order valence-corrected chi connectivity index (χ0v) is 15.5. The van der Waals surface area contributed by atoms with E-state index in [2.05, 4.69) is 10.3 Å². The fourth-order valence-corrected chi connectivity index (χ4v) is 3.72. The lowest BCUT2D eigenvalue weighted by molar-refractivity contribution is 0.0927. The Labute approximate surface area is 153 Å². The van der Waals surface area contributed by atoms with E-state index in [1.165, 1.54) is 12.5 Å². The lowest BCUT2D eigenvalue weighted by Crippen LogP contribution is -2.31. The molecule has 2 aromatic rings. The van der Waals surface area contributed by atoms with Crippen LogP contribution in [0.25, 0.3) is 0 Å². The minimum absolute atomic E-state index is 0. The average molecular weight is 362 g/mol. The van der Waals surface area contributed by atoms with Gasteiger partial charge in [0, 0.05) is 16.9 Å². The molecule has 0 bridgehead atoms. The molecular formula is C19H24ClN3O2. The summed E-state index contributed by atoms with van der Waals surface area (Å²) in [5.41, 5.74) is 11.5. The number of H-pyrrole nitrogens is 1. The summed E-state index contributed by atoms with van der Waals surface area (Å²) in [4.78, 5) is 27.5. The predicted molar refractivity (Wildman–Crippen MR) is 102 cm³/mol. The molecule has 1 aromatic carbocycles. The van der Waals surface area contributed by atoms with Gasteiger partial charge in [-0.25, -0.2) is 0 Å². The molecule has 4 N–H and O–H groups in total. The Hall–Kier alpha value is -2.27. The normalized spacial score (nSPS) is 15.9. The van der Waals surface area contributed by atoms with Crippen LogP contribution in [-0.2, 0) is 6.42 Å². The quantitative estimate of drug-likeness (QED) is 0.576. The van der Waals surface area contributed by atoms with Crippen molar-refractivity contribution in [2.75, 3.05) is 5.73 Å². The Morgan fingerprint density at radius 2 is 2.00 bits per heavy atom. The molecule has 3 rings (SSSR count). The number of fused-ring (bicyclic) bond motifs is 1. The Bertz CT molecular complexity index is 826. The summed E-state index contributed by atoms with van der Waals surface area (Å²) in [6.45, 7) is 5.15. The van der Waals surface area contributed by atoms with Crippen LogP contribution in [0.4, 0.5) is 5.69 Å². The highest BCUT2D eigenvalue weighted by Crippen LogP contribution is 2.31. The van der Waals surface area contributed by atoms with E-state index in [0.29, 0.717) is 16.8 Å². The van der Waals surface area contributed by atoms with E-state index >= 15 is 0 Å². The number of aromatic amines is 1. The smallest absolute Gasteiger partial charge is 0.268 e. The van der Waals surface area contributed by atoms with Gasteiger partial charge in [-0.05, 0) is 68.9 Å². The molecule has 25 heavy (non-hydrogen) atoms. The summed E-state index contributed by atoms with van der Waals surface area (Å²) >= 11 is 0. The number of Topliss-reactive ketones (excluding diaryl/α,β-unsaturated/α-hetero) is 1. The number of nitrogens with two attached hydrogens (primary N) is 1. The maximum atomic E-state index is 12.7. The lowest BCUT2D eigenvalue weighted by atomic mass is 9.87. The molecule has 0 fully saturated rings. The van der Waals surface area contributed by atoms with Gasteiger partial charge in [-0.3, -0.25) is 9.59 Å². The number of nitrogens with one attached hydrogen (secondary N) is 2. The molecule has 1 unspecified atom stereocenters. The van der Waals surface area contributed by atoms with Crippen LogP contribution in [0.5, 0.6) is 0 Å². The third-order valence-corrected chi connectivity index (χ3v) is 4.80. The van der Waals surface area contributed by atoms with Crippen molar-refractivity contribution >= 4 is 29.8 Å². The first-order valence-electron chi connectivity index (χ1n) is 8.27. The molecule has 6 heteroatoms. The van der Waals surface area contributed by atoms with E-state index in [9.17, 15) is 9.59 Å². The Morgan fingerprint density at radius 3 is 2.64 bits per heavy atom. The topological polar surface area (TPSA) is 88.0 Å². The van der Waals surface area contributed by atoms with Gasteiger partial charge in [0.25, 0.3) is 5.91 Å². The highest BCUT2D eigenvalue weighted by atomic mass is 35.5. The SMILES string of the molecule is CC(=O)c1c(C)[nH]c(C(=O)NC2CCCc3cc(N)ccc32)c1C.Cl. The molecule has 0 saturated carbocycles. The van der Waals surface area contributed by atoms with Crippen LogP contribution in [-0.4, -0.2) is 16.7 Å². The Balaban J connectivity index is 0.00000225. The molecule has 1 aliphatic rings. The minimum atomic E-state index is -0.169. The summed E-state index contributed by atoms with van der Waals surface area (Å²) in [6.07, 6.45) is 2.91. The molecular weight excluding hydrogens is 338 g/mol. The molecule has 1 aliphatic carbocycles. The summed E-state index contributed by atoms with van der Waals surface area (Å²) in [7, 11) is 0. The monoisotopic (exact) mass is 361 g/mol. The number of nitrogen functional groups attached to an aromatic ring is 1. The van der Waals surface area contributed by atoms with E-state index in [4.69, 9.17) is 5.73 Å². The largest absolute Gasteiger partial charge is 0.399 e. The first-order valence-corrected chi connectivity index (χ1v) is 8.27. The number of carbonyl (C=O) groups excluding carboxylic acids is 2. The molecule has 0 radical (unpaired) electrons. The van der Waals surface area contributed by atoms with Crippen molar-refractivity contribution in [3.05, 3.63) is 51.8 Å². The second-order valence-corrected chi connectivity index (χ2v) is 6.56. The van der Waals surface area contributed by atoms with Crippen LogP contribution >= 0.6 is 12.4 Å². The van der Waals surface area contributed by atoms with Crippen molar-refractivity contribution in [3.63, 3.8) is 0 Å².